The normalized spacial score (nSPS) is 14.5. The Bertz CT molecular complexity index is 515. The first-order valence-corrected chi connectivity index (χ1v) is 7.48. The van der Waals surface area contributed by atoms with Crippen LogP contribution in [0.2, 0.25) is 0 Å². The zero-order chi connectivity index (χ0) is 15.8. The number of amides is 2. The van der Waals surface area contributed by atoms with E-state index in [4.69, 9.17) is 9.84 Å². The maximum Gasteiger partial charge on any atom is 0.315 e. The van der Waals surface area contributed by atoms with Gasteiger partial charge in [0.1, 0.15) is 6.10 Å². The van der Waals surface area contributed by atoms with E-state index in [0.29, 0.717) is 12.4 Å². The predicted octanol–water partition coefficient (Wildman–Crippen LogP) is 1.68. The molecule has 120 valence electrons. The van der Waals surface area contributed by atoms with Gasteiger partial charge in [0.25, 0.3) is 0 Å². The molecular formula is C15H21N3O4. The van der Waals surface area contributed by atoms with E-state index in [1.54, 1.807) is 12.3 Å². The third-order valence-electron chi connectivity index (χ3n) is 3.47. The molecule has 1 fully saturated rings. The minimum absolute atomic E-state index is 0.0952. The zero-order valence-corrected chi connectivity index (χ0v) is 12.4. The average Bonchev–Trinajstić information content (AvgIpc) is 2.98. The Morgan fingerprint density at radius 2 is 2.09 bits per heavy atom. The summed E-state index contributed by atoms with van der Waals surface area (Å²) in [6.07, 6.45) is 6.33. The number of pyridine rings is 1. The molecule has 7 nitrogen and oxygen atoms in total. The third kappa shape index (κ3) is 5.59. The van der Waals surface area contributed by atoms with Crippen LogP contribution in [-0.2, 0) is 11.3 Å². The molecule has 2 rings (SSSR count). The molecule has 2 amide bonds. The lowest BCUT2D eigenvalue weighted by molar-refractivity contribution is -0.136. The number of carbonyl (C=O) groups is 2. The van der Waals surface area contributed by atoms with Crippen LogP contribution in [0.3, 0.4) is 0 Å². The number of ether oxygens (including phenoxy) is 1. The van der Waals surface area contributed by atoms with E-state index < -0.39 is 12.0 Å². The first-order valence-electron chi connectivity index (χ1n) is 7.48. The molecule has 1 aliphatic rings. The van der Waals surface area contributed by atoms with Crippen molar-refractivity contribution in [2.45, 2.75) is 44.8 Å². The molecule has 0 aromatic carbocycles. The average molecular weight is 307 g/mol. The van der Waals surface area contributed by atoms with Crippen molar-refractivity contribution in [3.8, 4) is 5.88 Å². The summed E-state index contributed by atoms with van der Waals surface area (Å²) in [6, 6.07) is 3.23. The van der Waals surface area contributed by atoms with Crippen molar-refractivity contribution in [3.05, 3.63) is 23.9 Å². The Morgan fingerprint density at radius 1 is 1.32 bits per heavy atom. The van der Waals surface area contributed by atoms with Gasteiger partial charge in [0, 0.05) is 25.4 Å². The summed E-state index contributed by atoms with van der Waals surface area (Å²) in [7, 11) is 0. The van der Waals surface area contributed by atoms with E-state index in [-0.39, 0.29) is 19.1 Å². The van der Waals surface area contributed by atoms with Crippen LogP contribution in [0.25, 0.3) is 0 Å². The number of carbonyl (C=O) groups excluding carboxylic acids is 1. The van der Waals surface area contributed by atoms with Crippen LogP contribution in [0.5, 0.6) is 5.88 Å². The largest absolute Gasteiger partial charge is 0.481 e. The van der Waals surface area contributed by atoms with Crippen molar-refractivity contribution < 1.29 is 19.4 Å². The van der Waals surface area contributed by atoms with Gasteiger partial charge in [-0.05, 0) is 37.3 Å². The number of nitrogens with zero attached hydrogens (tertiary/aromatic N) is 1. The van der Waals surface area contributed by atoms with Crippen molar-refractivity contribution in [2.75, 3.05) is 6.54 Å². The predicted molar refractivity (Wildman–Crippen MR) is 79.6 cm³/mol. The van der Waals surface area contributed by atoms with Gasteiger partial charge in [-0.25, -0.2) is 9.78 Å². The highest BCUT2D eigenvalue weighted by Gasteiger charge is 2.17. The Balaban J connectivity index is 1.75. The fraction of sp³-hybridized carbons (Fsp3) is 0.533. The lowest BCUT2D eigenvalue weighted by Crippen LogP contribution is -2.36. The highest BCUT2D eigenvalue weighted by atomic mass is 16.5. The van der Waals surface area contributed by atoms with Gasteiger partial charge in [0.2, 0.25) is 5.88 Å². The van der Waals surface area contributed by atoms with E-state index >= 15 is 0 Å². The Morgan fingerprint density at radius 3 is 2.82 bits per heavy atom. The lowest BCUT2D eigenvalue weighted by atomic mass is 10.2. The SMILES string of the molecule is O=C(O)CCNC(=O)NCc1ccnc(OC2CCCC2)c1. The second kappa shape index (κ2) is 8.21. The summed E-state index contributed by atoms with van der Waals surface area (Å²) in [5.41, 5.74) is 0.886. The second-order valence-corrected chi connectivity index (χ2v) is 5.28. The third-order valence-corrected chi connectivity index (χ3v) is 3.47. The maximum absolute atomic E-state index is 11.5. The molecule has 0 spiro atoms. The highest BCUT2D eigenvalue weighted by Crippen LogP contribution is 2.23. The van der Waals surface area contributed by atoms with E-state index in [0.717, 1.165) is 18.4 Å². The molecule has 1 aliphatic carbocycles. The highest BCUT2D eigenvalue weighted by molar-refractivity contribution is 5.74. The van der Waals surface area contributed by atoms with E-state index in [1.807, 2.05) is 6.07 Å². The van der Waals surface area contributed by atoms with E-state index in [2.05, 4.69) is 15.6 Å². The van der Waals surface area contributed by atoms with Crippen molar-refractivity contribution in [1.82, 2.24) is 15.6 Å². The van der Waals surface area contributed by atoms with Crippen molar-refractivity contribution in [3.63, 3.8) is 0 Å². The second-order valence-electron chi connectivity index (χ2n) is 5.28. The number of urea groups is 1. The number of aliphatic carboxylic acids is 1. The molecule has 22 heavy (non-hydrogen) atoms. The topological polar surface area (TPSA) is 101 Å². The van der Waals surface area contributed by atoms with Crippen LogP contribution in [0.4, 0.5) is 4.79 Å². The van der Waals surface area contributed by atoms with Gasteiger partial charge in [-0.15, -0.1) is 0 Å². The van der Waals surface area contributed by atoms with E-state index in [9.17, 15) is 9.59 Å². The molecule has 0 atom stereocenters. The lowest BCUT2D eigenvalue weighted by Gasteiger charge is -2.13. The first kappa shape index (κ1) is 16.1. The number of carboxylic acids is 1. The van der Waals surface area contributed by atoms with Crippen LogP contribution >= 0.6 is 0 Å². The van der Waals surface area contributed by atoms with Gasteiger partial charge < -0.3 is 20.5 Å². The standard InChI is InChI=1S/C15H21N3O4/c19-14(20)6-8-17-15(21)18-10-11-5-7-16-13(9-11)22-12-3-1-2-4-12/h5,7,9,12H,1-4,6,8,10H2,(H,19,20)(H2,17,18,21). The fourth-order valence-electron chi connectivity index (χ4n) is 2.33. The van der Waals surface area contributed by atoms with Crippen LogP contribution in [0, 0.1) is 0 Å². The molecule has 0 radical (unpaired) electrons. The quantitative estimate of drug-likeness (QED) is 0.711. The molecule has 7 heteroatoms. The summed E-state index contributed by atoms with van der Waals surface area (Å²) >= 11 is 0. The van der Waals surface area contributed by atoms with Gasteiger partial charge in [0.15, 0.2) is 0 Å². The molecule has 0 unspecified atom stereocenters. The van der Waals surface area contributed by atoms with Gasteiger partial charge in [-0.3, -0.25) is 4.79 Å². The smallest absolute Gasteiger partial charge is 0.315 e. The summed E-state index contributed by atoms with van der Waals surface area (Å²) in [5, 5.41) is 13.6. The van der Waals surface area contributed by atoms with Crippen LogP contribution in [0.1, 0.15) is 37.7 Å². The first-order chi connectivity index (χ1) is 10.6. The number of hydrogen-bond acceptors (Lipinski definition) is 4. The molecule has 0 saturated heterocycles. The van der Waals surface area contributed by atoms with Crippen molar-refractivity contribution >= 4 is 12.0 Å². The number of hydrogen-bond donors (Lipinski definition) is 3. The van der Waals surface area contributed by atoms with Crippen molar-refractivity contribution in [1.29, 1.82) is 0 Å². The molecular weight excluding hydrogens is 286 g/mol. The minimum atomic E-state index is -0.942. The molecule has 1 saturated carbocycles. The van der Waals surface area contributed by atoms with Gasteiger partial charge in [-0.1, -0.05) is 0 Å². The molecule has 3 N–H and O–H groups in total. The summed E-state index contributed by atoms with van der Waals surface area (Å²) in [5.74, 6) is -0.361. The Hall–Kier alpha value is -2.31. The Kier molecular flexibility index (Phi) is 6.00. The van der Waals surface area contributed by atoms with Crippen LogP contribution in [-0.4, -0.2) is 34.7 Å². The molecule has 0 bridgehead atoms. The fourth-order valence-corrected chi connectivity index (χ4v) is 2.33. The Labute approximate surface area is 129 Å². The van der Waals surface area contributed by atoms with Crippen molar-refractivity contribution in [2.24, 2.45) is 0 Å². The van der Waals surface area contributed by atoms with Gasteiger partial charge in [0.05, 0.1) is 6.42 Å². The summed E-state index contributed by atoms with van der Waals surface area (Å²) in [6.45, 7) is 0.440. The molecule has 1 heterocycles. The van der Waals surface area contributed by atoms with Gasteiger partial charge in [-0.2, -0.15) is 0 Å². The number of nitrogens with one attached hydrogen (secondary N) is 2. The molecule has 0 aliphatic heterocycles. The number of rotatable bonds is 7. The summed E-state index contributed by atoms with van der Waals surface area (Å²) in [4.78, 5) is 26.0. The molecule has 1 aromatic rings. The van der Waals surface area contributed by atoms with Gasteiger partial charge >= 0.3 is 12.0 Å². The summed E-state index contributed by atoms with van der Waals surface area (Å²) < 4.78 is 5.81. The molecule has 1 aromatic heterocycles. The van der Waals surface area contributed by atoms with Crippen LogP contribution in [0.15, 0.2) is 18.3 Å². The monoisotopic (exact) mass is 307 g/mol. The minimum Gasteiger partial charge on any atom is -0.481 e. The van der Waals surface area contributed by atoms with E-state index in [1.165, 1.54) is 12.8 Å². The zero-order valence-electron chi connectivity index (χ0n) is 12.4. The number of aromatic nitrogens is 1. The van der Waals surface area contributed by atoms with Crippen LogP contribution < -0.4 is 15.4 Å². The maximum atomic E-state index is 11.5. The number of carboxylic acid groups (broad SMARTS) is 1.